The molecule has 0 atom stereocenters. The fraction of sp³-hybridized carbons (Fsp3) is 0.0444. The van der Waals surface area contributed by atoms with Crippen LogP contribution in [0.25, 0.3) is 70.7 Å². The second kappa shape index (κ2) is 10.3. The Labute approximate surface area is 272 Å². The normalized spacial score (nSPS) is 15.8. The topological polar surface area (TPSA) is 17.3 Å². The molecular formula is C45H30N2. The molecule has 1 aromatic heterocycles. The third-order valence-corrected chi connectivity index (χ3v) is 10.0. The van der Waals surface area contributed by atoms with E-state index in [2.05, 4.69) is 162 Å². The van der Waals surface area contributed by atoms with Crippen LogP contribution in [0.2, 0.25) is 0 Å². The first-order chi connectivity index (χ1) is 23.3. The molecule has 2 nitrogen and oxygen atoms in total. The average Bonchev–Trinajstić information content (AvgIpc) is 3.47. The first-order valence-corrected chi connectivity index (χ1v) is 16.5. The van der Waals surface area contributed by atoms with Crippen molar-refractivity contribution in [2.24, 2.45) is 4.99 Å². The minimum atomic E-state index is 0.908. The number of aromatic nitrogens is 1. The molecule has 8 aromatic carbocycles. The number of fused-ring (bicyclic) bond motifs is 13. The summed E-state index contributed by atoms with van der Waals surface area (Å²) in [6.45, 7) is 0. The van der Waals surface area contributed by atoms with Crippen molar-refractivity contribution < 1.29 is 0 Å². The van der Waals surface area contributed by atoms with Crippen LogP contribution >= 0.6 is 0 Å². The highest BCUT2D eigenvalue weighted by Crippen LogP contribution is 2.45. The first-order valence-electron chi connectivity index (χ1n) is 16.5. The summed E-state index contributed by atoms with van der Waals surface area (Å²) in [6.07, 6.45) is 4.22. The van der Waals surface area contributed by atoms with Crippen molar-refractivity contribution in [1.29, 1.82) is 0 Å². The molecule has 10 rings (SSSR count). The van der Waals surface area contributed by atoms with E-state index in [4.69, 9.17) is 4.99 Å². The zero-order chi connectivity index (χ0) is 30.9. The molecule has 2 heterocycles. The summed E-state index contributed by atoms with van der Waals surface area (Å²) >= 11 is 0. The standard InChI is InChI=1S/C45H30N2/c1-2-15-31(16-3-1)44-32-18-6-4-13-29(32)17-12-24-41(46-44)47-40-28-27-38-36-22-9-8-20-34(36)35-21-10-11-23-37(35)42(38)43(40)39-26-25-30-14-5-7-19-33(30)45(39)47/h1-11,13-16,18-28H,12,17H2/b41-24+,46-44-. The van der Waals surface area contributed by atoms with Crippen molar-refractivity contribution in [3.8, 4) is 0 Å². The minimum Gasteiger partial charge on any atom is -0.293 e. The molecule has 0 saturated heterocycles. The molecule has 0 bridgehead atoms. The van der Waals surface area contributed by atoms with Gasteiger partial charge in [-0.1, -0.05) is 146 Å². The van der Waals surface area contributed by atoms with Gasteiger partial charge in [0.05, 0.1) is 16.7 Å². The van der Waals surface area contributed by atoms with Crippen LogP contribution in [0.4, 0.5) is 0 Å². The zero-order valence-corrected chi connectivity index (χ0v) is 25.8. The molecule has 47 heavy (non-hydrogen) atoms. The van der Waals surface area contributed by atoms with E-state index >= 15 is 0 Å². The molecule has 0 amide bonds. The number of benzene rings is 8. The van der Waals surface area contributed by atoms with Crippen LogP contribution < -0.4 is 0 Å². The van der Waals surface area contributed by atoms with Crippen LogP contribution in [0.15, 0.2) is 163 Å². The first kappa shape index (κ1) is 26.2. The van der Waals surface area contributed by atoms with Crippen molar-refractivity contribution in [3.05, 3.63) is 174 Å². The molecule has 0 fully saturated rings. The van der Waals surface area contributed by atoms with E-state index in [9.17, 15) is 0 Å². The molecule has 0 unspecified atom stereocenters. The Balaban J connectivity index is 1.40. The molecular weight excluding hydrogens is 569 g/mol. The van der Waals surface area contributed by atoms with Gasteiger partial charge in [-0.15, -0.1) is 0 Å². The Morgan fingerprint density at radius 3 is 1.89 bits per heavy atom. The fourth-order valence-corrected chi connectivity index (χ4v) is 8.00. The lowest BCUT2D eigenvalue weighted by Gasteiger charge is -2.18. The van der Waals surface area contributed by atoms with E-state index in [1.54, 1.807) is 0 Å². The van der Waals surface area contributed by atoms with E-state index in [1.807, 2.05) is 0 Å². The van der Waals surface area contributed by atoms with Gasteiger partial charge in [-0.25, -0.2) is 4.99 Å². The number of hydrogen-bond donors (Lipinski definition) is 0. The maximum Gasteiger partial charge on any atom is 0.134 e. The minimum absolute atomic E-state index is 0.908. The molecule has 0 N–H and O–H groups in total. The van der Waals surface area contributed by atoms with Crippen molar-refractivity contribution >= 4 is 76.4 Å². The van der Waals surface area contributed by atoms with Crippen LogP contribution in [0, 0.1) is 0 Å². The second-order valence-electron chi connectivity index (χ2n) is 12.6. The lowest BCUT2D eigenvalue weighted by Crippen LogP contribution is -2.11. The van der Waals surface area contributed by atoms with E-state index in [-0.39, 0.29) is 0 Å². The summed E-state index contributed by atoms with van der Waals surface area (Å²) in [7, 11) is 0. The highest BCUT2D eigenvalue weighted by molar-refractivity contribution is 6.36. The Kier molecular flexibility index (Phi) is 5.73. The molecule has 220 valence electrons. The van der Waals surface area contributed by atoms with Gasteiger partial charge in [0.15, 0.2) is 0 Å². The van der Waals surface area contributed by atoms with Crippen molar-refractivity contribution in [2.75, 3.05) is 0 Å². The van der Waals surface area contributed by atoms with Crippen LogP contribution in [0.5, 0.6) is 0 Å². The average molecular weight is 599 g/mol. The largest absolute Gasteiger partial charge is 0.293 e. The highest BCUT2D eigenvalue weighted by Gasteiger charge is 2.22. The van der Waals surface area contributed by atoms with Gasteiger partial charge in [0.25, 0.3) is 0 Å². The van der Waals surface area contributed by atoms with Crippen LogP contribution in [-0.2, 0) is 6.42 Å². The predicted molar refractivity (Wildman–Crippen MR) is 201 cm³/mol. The predicted octanol–water partition coefficient (Wildman–Crippen LogP) is 11.7. The van der Waals surface area contributed by atoms with E-state index in [1.165, 1.54) is 76.0 Å². The molecule has 2 heteroatoms. The summed E-state index contributed by atoms with van der Waals surface area (Å²) in [4.78, 5) is 5.63. The Bertz CT molecular complexity index is 2740. The number of aryl methyl sites for hydroxylation is 1. The summed E-state index contributed by atoms with van der Waals surface area (Å²) in [6, 6.07) is 55.2. The number of aliphatic imine (C=N–C) groups is 1. The van der Waals surface area contributed by atoms with Gasteiger partial charge in [0.1, 0.15) is 5.82 Å². The van der Waals surface area contributed by atoms with Gasteiger partial charge in [-0.05, 0) is 62.9 Å². The molecule has 0 aliphatic carbocycles. The molecule has 9 aromatic rings. The lowest BCUT2D eigenvalue weighted by molar-refractivity contribution is 0.978. The quantitative estimate of drug-likeness (QED) is 0.176. The smallest absolute Gasteiger partial charge is 0.134 e. The van der Waals surface area contributed by atoms with Gasteiger partial charge >= 0.3 is 0 Å². The summed E-state index contributed by atoms with van der Waals surface area (Å²) < 4.78 is 2.45. The SMILES string of the molecule is C1=C(n2c3ccc4c5ccccc5c5ccccc5c4c3c3ccc4ccccc4c32)\N=C(\c2ccccc2)c2ccccc2CC/1. The maximum atomic E-state index is 5.63. The third kappa shape index (κ3) is 3.88. The highest BCUT2D eigenvalue weighted by atomic mass is 15.1. The van der Waals surface area contributed by atoms with Crippen molar-refractivity contribution in [1.82, 2.24) is 4.57 Å². The van der Waals surface area contributed by atoms with E-state index < -0.39 is 0 Å². The van der Waals surface area contributed by atoms with Crippen LogP contribution in [0.1, 0.15) is 23.1 Å². The molecule has 0 saturated carbocycles. The fourth-order valence-electron chi connectivity index (χ4n) is 8.00. The lowest BCUT2D eigenvalue weighted by atomic mass is 9.91. The summed E-state index contributed by atoms with van der Waals surface area (Å²) in [5.41, 5.74) is 7.07. The van der Waals surface area contributed by atoms with Crippen molar-refractivity contribution in [3.63, 3.8) is 0 Å². The van der Waals surface area contributed by atoms with Gasteiger partial charge in [-0.2, -0.15) is 0 Å². The molecule has 0 spiro atoms. The van der Waals surface area contributed by atoms with Gasteiger partial charge in [0, 0.05) is 32.7 Å². The number of allylic oxidation sites excluding steroid dienone is 1. The molecule has 1 aliphatic heterocycles. The van der Waals surface area contributed by atoms with E-state index in [0.717, 1.165) is 29.9 Å². The third-order valence-electron chi connectivity index (χ3n) is 10.0. The van der Waals surface area contributed by atoms with Gasteiger partial charge in [-0.3, -0.25) is 4.57 Å². The number of nitrogens with zero attached hydrogens (tertiary/aromatic N) is 2. The molecule has 0 radical (unpaired) electrons. The maximum absolute atomic E-state index is 5.63. The Morgan fingerprint density at radius 1 is 0.468 bits per heavy atom. The zero-order valence-electron chi connectivity index (χ0n) is 25.8. The van der Waals surface area contributed by atoms with Crippen LogP contribution in [-0.4, -0.2) is 10.3 Å². The van der Waals surface area contributed by atoms with Crippen molar-refractivity contribution in [2.45, 2.75) is 12.8 Å². The number of rotatable bonds is 2. The monoisotopic (exact) mass is 598 g/mol. The van der Waals surface area contributed by atoms with E-state index in [0.29, 0.717) is 0 Å². The Hall–Kier alpha value is -5.99. The second-order valence-corrected chi connectivity index (χ2v) is 12.6. The Morgan fingerprint density at radius 2 is 1.09 bits per heavy atom. The van der Waals surface area contributed by atoms with Crippen LogP contribution in [0.3, 0.4) is 0 Å². The summed E-state index contributed by atoms with van der Waals surface area (Å²) in [5, 5.41) is 12.7. The van der Waals surface area contributed by atoms with Gasteiger partial charge < -0.3 is 0 Å². The summed E-state index contributed by atoms with van der Waals surface area (Å²) in [5.74, 6) is 0.971. The van der Waals surface area contributed by atoms with Gasteiger partial charge in [0.2, 0.25) is 0 Å². The molecule has 1 aliphatic rings. The number of hydrogen-bond acceptors (Lipinski definition) is 1.